The highest BCUT2D eigenvalue weighted by Gasteiger charge is 2.14. The number of hydrogen-bond acceptors (Lipinski definition) is 3. The third-order valence-corrected chi connectivity index (χ3v) is 4.31. The molecule has 19 heavy (non-hydrogen) atoms. The predicted octanol–water partition coefficient (Wildman–Crippen LogP) is 2.69. The molecule has 4 nitrogen and oxygen atoms in total. The van der Waals surface area contributed by atoms with Crippen molar-refractivity contribution in [1.82, 2.24) is 0 Å². The van der Waals surface area contributed by atoms with E-state index in [4.69, 9.17) is 5.73 Å². The lowest BCUT2D eigenvalue weighted by Gasteiger charge is -2.10. The molecule has 0 saturated heterocycles. The summed E-state index contributed by atoms with van der Waals surface area (Å²) in [5.41, 5.74) is 8.59. The molecule has 0 unspecified atom stereocenters. The zero-order valence-corrected chi connectivity index (χ0v) is 11.7. The van der Waals surface area contributed by atoms with Crippen molar-refractivity contribution in [3.8, 4) is 0 Å². The molecule has 0 aliphatic rings. The summed E-state index contributed by atoms with van der Waals surface area (Å²) >= 11 is 0. The fourth-order valence-electron chi connectivity index (χ4n) is 1.70. The van der Waals surface area contributed by atoms with Crippen LogP contribution in [0, 0.1) is 13.8 Å². The number of nitrogens with two attached hydrogens (primary N) is 1. The fraction of sp³-hybridized carbons (Fsp3) is 0.143. The molecular formula is C14H16N2O2S. The van der Waals surface area contributed by atoms with E-state index in [0.717, 1.165) is 11.1 Å². The van der Waals surface area contributed by atoms with Gasteiger partial charge in [-0.15, -0.1) is 0 Å². The topological polar surface area (TPSA) is 72.2 Å². The predicted molar refractivity (Wildman–Crippen MR) is 77.6 cm³/mol. The van der Waals surface area contributed by atoms with Gasteiger partial charge in [0.2, 0.25) is 0 Å². The Bertz CT molecular complexity index is 709. The number of nitrogen functional groups attached to an aromatic ring is 1. The van der Waals surface area contributed by atoms with Gasteiger partial charge in [-0.3, -0.25) is 4.72 Å². The molecule has 0 aromatic heterocycles. The molecule has 0 amide bonds. The van der Waals surface area contributed by atoms with Crippen LogP contribution >= 0.6 is 0 Å². The average Bonchev–Trinajstić information content (AvgIpc) is 2.32. The van der Waals surface area contributed by atoms with E-state index in [0.29, 0.717) is 11.4 Å². The molecule has 2 rings (SSSR count). The van der Waals surface area contributed by atoms with E-state index in [2.05, 4.69) is 4.72 Å². The number of aryl methyl sites for hydroxylation is 2. The monoisotopic (exact) mass is 276 g/mol. The van der Waals surface area contributed by atoms with Gasteiger partial charge >= 0.3 is 0 Å². The fourth-order valence-corrected chi connectivity index (χ4v) is 2.83. The van der Waals surface area contributed by atoms with Gasteiger partial charge < -0.3 is 5.73 Å². The van der Waals surface area contributed by atoms with Crippen LogP contribution in [0.1, 0.15) is 11.1 Å². The highest BCUT2D eigenvalue weighted by molar-refractivity contribution is 7.92. The number of anilines is 2. The molecule has 2 aromatic rings. The molecule has 0 fully saturated rings. The smallest absolute Gasteiger partial charge is 0.261 e. The largest absolute Gasteiger partial charge is 0.399 e. The maximum absolute atomic E-state index is 12.2. The Balaban J connectivity index is 2.35. The number of rotatable bonds is 3. The summed E-state index contributed by atoms with van der Waals surface area (Å²) in [7, 11) is -3.57. The molecule has 0 aliphatic carbocycles. The highest BCUT2D eigenvalue weighted by atomic mass is 32.2. The van der Waals surface area contributed by atoms with Crippen LogP contribution in [0.15, 0.2) is 47.4 Å². The van der Waals surface area contributed by atoms with Crippen LogP contribution in [0.4, 0.5) is 11.4 Å². The summed E-state index contributed by atoms with van der Waals surface area (Å²) in [6, 6.07) is 11.7. The molecule has 0 radical (unpaired) electrons. The van der Waals surface area contributed by atoms with E-state index in [1.807, 2.05) is 13.8 Å². The number of sulfonamides is 1. The van der Waals surface area contributed by atoms with E-state index in [-0.39, 0.29) is 4.90 Å². The van der Waals surface area contributed by atoms with Gasteiger partial charge in [0.1, 0.15) is 0 Å². The van der Waals surface area contributed by atoms with Gasteiger partial charge in [0.05, 0.1) is 10.6 Å². The van der Waals surface area contributed by atoms with Gasteiger partial charge in [-0.2, -0.15) is 0 Å². The molecule has 0 bridgehead atoms. The lowest BCUT2D eigenvalue weighted by molar-refractivity contribution is 0.601. The van der Waals surface area contributed by atoms with Crippen molar-refractivity contribution in [3.05, 3.63) is 53.6 Å². The van der Waals surface area contributed by atoms with Crippen molar-refractivity contribution in [2.75, 3.05) is 10.5 Å². The van der Waals surface area contributed by atoms with E-state index in [1.54, 1.807) is 42.5 Å². The van der Waals surface area contributed by atoms with Gasteiger partial charge in [-0.1, -0.05) is 12.1 Å². The van der Waals surface area contributed by atoms with E-state index in [1.165, 1.54) is 0 Å². The number of benzene rings is 2. The van der Waals surface area contributed by atoms with Crippen molar-refractivity contribution in [2.45, 2.75) is 18.7 Å². The second-order valence-corrected chi connectivity index (χ2v) is 6.16. The quantitative estimate of drug-likeness (QED) is 0.847. The Morgan fingerprint density at radius 3 is 2.37 bits per heavy atom. The molecule has 5 heteroatoms. The van der Waals surface area contributed by atoms with Gasteiger partial charge in [-0.25, -0.2) is 8.42 Å². The van der Waals surface area contributed by atoms with Crippen molar-refractivity contribution < 1.29 is 8.42 Å². The lowest BCUT2D eigenvalue weighted by atomic mass is 10.1. The van der Waals surface area contributed by atoms with Crippen LogP contribution in [-0.4, -0.2) is 8.42 Å². The van der Waals surface area contributed by atoms with E-state index < -0.39 is 10.0 Å². The van der Waals surface area contributed by atoms with Crippen molar-refractivity contribution in [1.29, 1.82) is 0 Å². The van der Waals surface area contributed by atoms with Crippen LogP contribution in [0.25, 0.3) is 0 Å². The Morgan fingerprint density at radius 1 is 1.00 bits per heavy atom. The summed E-state index contributed by atoms with van der Waals surface area (Å²) in [6.07, 6.45) is 0. The Kier molecular flexibility index (Phi) is 3.48. The summed E-state index contributed by atoms with van der Waals surface area (Å²) < 4.78 is 27.0. The van der Waals surface area contributed by atoms with Crippen LogP contribution in [-0.2, 0) is 10.0 Å². The highest BCUT2D eigenvalue weighted by Crippen LogP contribution is 2.19. The molecule has 2 aromatic carbocycles. The Hall–Kier alpha value is -2.01. The Labute approximate surface area is 113 Å². The molecule has 3 N–H and O–H groups in total. The molecule has 0 atom stereocenters. The van der Waals surface area contributed by atoms with E-state index in [9.17, 15) is 8.42 Å². The first-order chi connectivity index (χ1) is 8.88. The molecule has 0 heterocycles. The summed E-state index contributed by atoms with van der Waals surface area (Å²) in [5, 5.41) is 0. The van der Waals surface area contributed by atoms with Crippen LogP contribution in [0.5, 0.6) is 0 Å². The van der Waals surface area contributed by atoms with Crippen molar-refractivity contribution in [3.63, 3.8) is 0 Å². The van der Waals surface area contributed by atoms with Gasteiger partial charge in [0.15, 0.2) is 0 Å². The molecular weight excluding hydrogens is 260 g/mol. The van der Waals surface area contributed by atoms with Crippen LogP contribution in [0.3, 0.4) is 0 Å². The average molecular weight is 276 g/mol. The van der Waals surface area contributed by atoms with Gasteiger partial charge in [-0.05, 0) is 55.3 Å². The normalized spacial score (nSPS) is 11.3. The lowest BCUT2D eigenvalue weighted by Crippen LogP contribution is -2.13. The maximum atomic E-state index is 12.2. The zero-order chi connectivity index (χ0) is 14.0. The van der Waals surface area contributed by atoms with Crippen LogP contribution < -0.4 is 10.5 Å². The standard InChI is InChI=1S/C14H16N2O2S/c1-10-6-7-14(8-11(10)2)19(17,18)16-13-5-3-4-12(15)9-13/h3-9,16H,15H2,1-2H3. The van der Waals surface area contributed by atoms with E-state index >= 15 is 0 Å². The number of hydrogen-bond donors (Lipinski definition) is 2. The van der Waals surface area contributed by atoms with Crippen molar-refractivity contribution >= 4 is 21.4 Å². The molecule has 0 aliphatic heterocycles. The first-order valence-electron chi connectivity index (χ1n) is 5.84. The van der Waals surface area contributed by atoms with Gasteiger partial charge in [0.25, 0.3) is 10.0 Å². The molecule has 0 saturated carbocycles. The third kappa shape index (κ3) is 3.06. The molecule has 0 spiro atoms. The summed E-state index contributed by atoms with van der Waals surface area (Å²) in [6.45, 7) is 3.83. The molecule has 100 valence electrons. The van der Waals surface area contributed by atoms with Gasteiger partial charge in [0, 0.05) is 5.69 Å². The minimum Gasteiger partial charge on any atom is -0.399 e. The minimum absolute atomic E-state index is 0.248. The Morgan fingerprint density at radius 2 is 1.74 bits per heavy atom. The first-order valence-corrected chi connectivity index (χ1v) is 7.32. The number of nitrogens with one attached hydrogen (secondary N) is 1. The van der Waals surface area contributed by atoms with Crippen molar-refractivity contribution in [2.24, 2.45) is 0 Å². The third-order valence-electron chi connectivity index (χ3n) is 2.93. The van der Waals surface area contributed by atoms with Crippen LogP contribution in [0.2, 0.25) is 0 Å². The second-order valence-electron chi connectivity index (χ2n) is 4.48. The summed E-state index contributed by atoms with van der Waals surface area (Å²) in [5.74, 6) is 0. The SMILES string of the molecule is Cc1ccc(S(=O)(=O)Nc2cccc(N)c2)cc1C. The first kappa shape index (κ1) is 13.4. The second kappa shape index (κ2) is 4.93. The summed E-state index contributed by atoms with van der Waals surface area (Å²) in [4.78, 5) is 0.248. The maximum Gasteiger partial charge on any atom is 0.261 e. The zero-order valence-electron chi connectivity index (χ0n) is 10.8. The minimum atomic E-state index is -3.57.